The molecule has 2 aromatic heterocycles. The molecule has 3 heterocycles. The molecular formula is C26H35IN9O3+. The lowest BCUT2D eigenvalue weighted by molar-refractivity contribution is -0.676. The SMILES string of the molecule is CCn1c(CNC(=O)c2nc(CI)cnc2N)[n+](CC)c2ccc(C(=O)N3CCC(NC(=O)CN)CC3)cc21. The van der Waals surface area contributed by atoms with E-state index in [1.165, 1.54) is 0 Å². The molecule has 0 unspecified atom stereocenters. The Hall–Kier alpha value is -3.33. The van der Waals surface area contributed by atoms with Crippen LogP contribution in [0.3, 0.4) is 0 Å². The normalized spacial score (nSPS) is 14.0. The first-order valence-corrected chi connectivity index (χ1v) is 14.6. The maximum Gasteiger partial charge on any atom is 0.277 e. The molecule has 4 rings (SSSR count). The number of carbonyl (C=O) groups excluding carboxylic acids is 3. The summed E-state index contributed by atoms with van der Waals surface area (Å²) in [6.07, 6.45) is 2.96. The van der Waals surface area contributed by atoms with Crippen molar-refractivity contribution in [3.8, 4) is 0 Å². The Morgan fingerprint density at radius 2 is 1.95 bits per heavy atom. The first-order chi connectivity index (χ1) is 18.8. The molecule has 12 nitrogen and oxygen atoms in total. The average molecular weight is 649 g/mol. The molecule has 1 saturated heterocycles. The van der Waals surface area contributed by atoms with Gasteiger partial charge in [-0.25, -0.2) is 19.1 Å². The molecule has 3 aromatic rings. The molecule has 39 heavy (non-hydrogen) atoms. The van der Waals surface area contributed by atoms with E-state index in [9.17, 15) is 14.4 Å². The monoisotopic (exact) mass is 648 g/mol. The van der Waals surface area contributed by atoms with Gasteiger partial charge in [-0.3, -0.25) is 14.4 Å². The molecule has 0 saturated carbocycles. The number of alkyl halides is 1. The van der Waals surface area contributed by atoms with E-state index in [4.69, 9.17) is 11.5 Å². The zero-order valence-electron chi connectivity index (χ0n) is 22.2. The van der Waals surface area contributed by atoms with E-state index in [2.05, 4.69) is 52.3 Å². The van der Waals surface area contributed by atoms with Crippen molar-refractivity contribution in [2.75, 3.05) is 25.4 Å². The van der Waals surface area contributed by atoms with E-state index in [0.717, 1.165) is 16.9 Å². The van der Waals surface area contributed by atoms with Gasteiger partial charge in [0.2, 0.25) is 5.91 Å². The number of rotatable bonds is 9. The van der Waals surface area contributed by atoms with Crippen LogP contribution in [0.5, 0.6) is 0 Å². The van der Waals surface area contributed by atoms with Gasteiger partial charge in [0.15, 0.2) is 22.5 Å². The molecular weight excluding hydrogens is 613 g/mol. The topological polar surface area (TPSA) is 165 Å². The second-order valence-electron chi connectivity index (χ2n) is 9.36. The van der Waals surface area contributed by atoms with Gasteiger partial charge in [0.25, 0.3) is 17.6 Å². The van der Waals surface area contributed by atoms with Crippen LogP contribution in [0.4, 0.5) is 5.82 Å². The number of hydrogen-bond donors (Lipinski definition) is 4. The summed E-state index contributed by atoms with van der Waals surface area (Å²) >= 11 is 2.16. The minimum Gasteiger partial charge on any atom is -0.382 e. The van der Waals surface area contributed by atoms with Crippen molar-refractivity contribution < 1.29 is 19.0 Å². The third kappa shape index (κ3) is 6.13. The largest absolute Gasteiger partial charge is 0.382 e. The maximum absolute atomic E-state index is 13.4. The molecule has 0 radical (unpaired) electrons. The van der Waals surface area contributed by atoms with Crippen LogP contribution in [-0.2, 0) is 28.9 Å². The summed E-state index contributed by atoms with van der Waals surface area (Å²) in [5, 5.41) is 5.86. The van der Waals surface area contributed by atoms with Crippen LogP contribution in [0.15, 0.2) is 24.4 Å². The highest BCUT2D eigenvalue weighted by Gasteiger charge is 2.28. The van der Waals surface area contributed by atoms with Crippen LogP contribution in [0.2, 0.25) is 0 Å². The second-order valence-corrected chi connectivity index (χ2v) is 10.1. The number of halogens is 1. The van der Waals surface area contributed by atoms with Crippen molar-refractivity contribution in [2.24, 2.45) is 5.73 Å². The Balaban J connectivity index is 1.55. The lowest BCUT2D eigenvalue weighted by Crippen LogP contribution is -2.47. The van der Waals surface area contributed by atoms with Gasteiger partial charge in [0.05, 0.1) is 31.5 Å². The molecule has 0 bridgehead atoms. The molecule has 1 aliphatic heterocycles. The molecule has 0 aliphatic carbocycles. The van der Waals surface area contributed by atoms with Gasteiger partial charge >= 0.3 is 0 Å². The first-order valence-electron chi connectivity index (χ1n) is 13.1. The van der Waals surface area contributed by atoms with Gasteiger partial charge in [0, 0.05) is 35.2 Å². The minimum absolute atomic E-state index is 0.0341. The number of imidazole rings is 1. The Morgan fingerprint density at radius 3 is 2.59 bits per heavy atom. The van der Waals surface area contributed by atoms with Crippen LogP contribution >= 0.6 is 22.6 Å². The Morgan fingerprint density at radius 1 is 1.21 bits per heavy atom. The fraction of sp³-hybridized carbons (Fsp3) is 0.462. The zero-order valence-corrected chi connectivity index (χ0v) is 24.4. The number of benzene rings is 1. The fourth-order valence-corrected chi connectivity index (χ4v) is 5.39. The van der Waals surface area contributed by atoms with Gasteiger partial charge < -0.3 is 27.0 Å². The van der Waals surface area contributed by atoms with Crippen LogP contribution < -0.4 is 26.7 Å². The van der Waals surface area contributed by atoms with E-state index in [0.29, 0.717) is 54.7 Å². The highest BCUT2D eigenvalue weighted by atomic mass is 127. The summed E-state index contributed by atoms with van der Waals surface area (Å²) < 4.78 is 4.87. The number of aromatic nitrogens is 4. The molecule has 1 fully saturated rings. The van der Waals surface area contributed by atoms with Crippen LogP contribution in [0, 0.1) is 0 Å². The van der Waals surface area contributed by atoms with Crippen molar-refractivity contribution in [3.63, 3.8) is 0 Å². The van der Waals surface area contributed by atoms with E-state index in [1.54, 1.807) is 6.20 Å². The van der Waals surface area contributed by atoms with Gasteiger partial charge in [-0.2, -0.15) is 0 Å². The highest BCUT2D eigenvalue weighted by Crippen LogP contribution is 2.21. The minimum atomic E-state index is -0.385. The summed E-state index contributed by atoms with van der Waals surface area (Å²) in [6, 6.07) is 5.78. The molecule has 1 aromatic carbocycles. The Labute approximate surface area is 240 Å². The number of piperidine rings is 1. The molecule has 13 heteroatoms. The predicted molar refractivity (Wildman–Crippen MR) is 155 cm³/mol. The molecule has 3 amide bonds. The zero-order chi connectivity index (χ0) is 28.1. The van der Waals surface area contributed by atoms with E-state index >= 15 is 0 Å². The Bertz CT molecular complexity index is 1380. The number of nitrogens with zero attached hydrogens (tertiary/aromatic N) is 5. The number of aryl methyl sites for hydroxylation is 2. The number of likely N-dealkylation sites (tertiary alicyclic amines) is 1. The van der Waals surface area contributed by atoms with E-state index in [-0.39, 0.29) is 48.4 Å². The van der Waals surface area contributed by atoms with Crippen LogP contribution in [0.25, 0.3) is 11.0 Å². The third-order valence-electron chi connectivity index (χ3n) is 7.00. The van der Waals surface area contributed by atoms with Gasteiger partial charge in [-0.1, -0.05) is 22.6 Å². The molecule has 0 spiro atoms. The summed E-state index contributed by atoms with van der Waals surface area (Å²) in [5.74, 6) is 0.401. The molecule has 6 N–H and O–H groups in total. The van der Waals surface area contributed by atoms with Crippen molar-refractivity contribution in [3.05, 3.63) is 47.2 Å². The van der Waals surface area contributed by atoms with Crippen LogP contribution in [-0.4, -0.2) is 62.8 Å². The van der Waals surface area contributed by atoms with Gasteiger partial charge in [-0.15, -0.1) is 0 Å². The third-order valence-corrected chi connectivity index (χ3v) is 7.78. The van der Waals surface area contributed by atoms with Crippen molar-refractivity contribution in [2.45, 2.75) is 56.8 Å². The quantitative estimate of drug-likeness (QED) is 0.152. The molecule has 208 valence electrons. The second kappa shape index (κ2) is 12.7. The smallest absolute Gasteiger partial charge is 0.277 e. The predicted octanol–water partition coefficient (Wildman–Crippen LogP) is 0.885. The molecule has 0 atom stereocenters. The highest BCUT2D eigenvalue weighted by molar-refractivity contribution is 14.1. The summed E-state index contributed by atoms with van der Waals surface area (Å²) in [6.45, 7) is 6.79. The number of hydrogen-bond acceptors (Lipinski definition) is 7. The number of nitrogens with two attached hydrogens (primary N) is 2. The van der Waals surface area contributed by atoms with Crippen molar-refractivity contribution in [1.82, 2.24) is 30.1 Å². The number of fused-ring (bicyclic) bond motifs is 1. The number of carbonyl (C=O) groups is 3. The number of amides is 3. The number of anilines is 1. The van der Waals surface area contributed by atoms with E-state index < -0.39 is 0 Å². The number of nitrogen functional groups attached to an aromatic ring is 1. The number of nitrogens with one attached hydrogen (secondary N) is 2. The Kier molecular flexibility index (Phi) is 9.32. The van der Waals surface area contributed by atoms with Gasteiger partial charge in [0.1, 0.15) is 6.54 Å². The fourth-order valence-electron chi connectivity index (χ4n) is 5.03. The lowest BCUT2D eigenvalue weighted by atomic mass is 10.0. The van der Waals surface area contributed by atoms with Crippen LogP contribution in [0.1, 0.15) is 59.1 Å². The average Bonchev–Trinajstić information content (AvgIpc) is 3.27. The lowest BCUT2D eigenvalue weighted by Gasteiger charge is -2.32. The standard InChI is InChI=1S/C26H34IN9O3/c1-3-35-19-6-5-16(26(39)34-9-7-17(8-10-34)32-21(37)13-28)11-20(19)36(4-2)22(35)15-31-25(38)23-24(29)30-14-18(12-27)33-23/h5-6,11,14,17H,3-4,7-10,12-13,15,28H2,1-2H3,(H3-,29,30,31,32,37,38)/p+1. The van der Waals surface area contributed by atoms with Crippen molar-refractivity contribution >= 4 is 57.2 Å². The maximum atomic E-state index is 13.4. The van der Waals surface area contributed by atoms with E-state index in [1.807, 2.05) is 36.9 Å². The van der Waals surface area contributed by atoms with Gasteiger partial charge in [-0.05, 0) is 38.8 Å². The summed E-state index contributed by atoms with van der Waals surface area (Å²) in [5.41, 5.74) is 14.6. The first kappa shape index (κ1) is 28.7. The van der Waals surface area contributed by atoms with Crippen molar-refractivity contribution in [1.29, 1.82) is 0 Å². The summed E-state index contributed by atoms with van der Waals surface area (Å²) in [4.78, 5) is 48.2. The molecule has 1 aliphatic rings. The summed E-state index contributed by atoms with van der Waals surface area (Å²) in [7, 11) is 0.